The van der Waals surface area contributed by atoms with Crippen LogP contribution >= 0.6 is 35.0 Å². The Balaban J connectivity index is 2.07. The van der Waals surface area contributed by atoms with E-state index in [4.69, 9.17) is 23.2 Å². The third-order valence-corrected chi connectivity index (χ3v) is 3.72. The molecule has 1 unspecified atom stereocenters. The van der Waals surface area contributed by atoms with Gasteiger partial charge in [-0.1, -0.05) is 23.2 Å². The van der Waals surface area contributed by atoms with Gasteiger partial charge < -0.3 is 5.32 Å². The number of benzene rings is 1. The fourth-order valence-corrected chi connectivity index (χ4v) is 2.66. The predicted octanol–water partition coefficient (Wildman–Crippen LogP) is 2.59. The summed E-state index contributed by atoms with van der Waals surface area (Å²) in [5.74, 6) is 1.51. The van der Waals surface area contributed by atoms with Crippen molar-refractivity contribution in [3.05, 3.63) is 28.2 Å². The van der Waals surface area contributed by atoms with Crippen molar-refractivity contribution in [2.45, 2.75) is 6.04 Å². The van der Waals surface area contributed by atoms with Gasteiger partial charge in [-0.05, 0) is 18.2 Å². The molecule has 1 aliphatic rings. The Labute approximate surface area is 108 Å². The summed E-state index contributed by atoms with van der Waals surface area (Å²) in [4.78, 5) is 11.8. The molecule has 16 heavy (non-hydrogen) atoms. The number of hydrogen-bond acceptors (Lipinski definition) is 3. The average Bonchev–Trinajstić information content (AvgIpc) is 2.76. The maximum Gasteiger partial charge on any atom is 0.242 e. The number of anilines is 1. The molecule has 1 atom stereocenters. The minimum atomic E-state index is -0.153. The number of nitrogens with one attached hydrogen (secondary N) is 2. The minimum absolute atomic E-state index is 0.0748. The van der Waals surface area contributed by atoms with Gasteiger partial charge in [-0.15, -0.1) is 11.8 Å². The highest BCUT2D eigenvalue weighted by molar-refractivity contribution is 7.99. The summed E-state index contributed by atoms with van der Waals surface area (Å²) < 4.78 is 0. The first kappa shape index (κ1) is 12.0. The van der Waals surface area contributed by atoms with Crippen LogP contribution in [0.2, 0.25) is 10.0 Å². The van der Waals surface area contributed by atoms with Gasteiger partial charge in [0.25, 0.3) is 0 Å². The molecule has 6 heteroatoms. The first-order valence-corrected chi connectivity index (χ1v) is 6.65. The molecule has 0 radical (unpaired) electrons. The van der Waals surface area contributed by atoms with Crippen molar-refractivity contribution in [1.29, 1.82) is 0 Å². The predicted molar refractivity (Wildman–Crippen MR) is 69.3 cm³/mol. The van der Waals surface area contributed by atoms with E-state index < -0.39 is 0 Å². The van der Waals surface area contributed by atoms with Crippen LogP contribution in [0.3, 0.4) is 0 Å². The molecule has 1 aliphatic heterocycles. The number of amides is 1. The van der Waals surface area contributed by atoms with Gasteiger partial charge in [0.1, 0.15) is 0 Å². The normalized spacial score (nSPS) is 19.8. The van der Waals surface area contributed by atoms with Gasteiger partial charge >= 0.3 is 0 Å². The maximum atomic E-state index is 11.8. The first-order valence-electron chi connectivity index (χ1n) is 4.74. The van der Waals surface area contributed by atoms with Crippen molar-refractivity contribution in [3.8, 4) is 0 Å². The smallest absolute Gasteiger partial charge is 0.242 e. The van der Waals surface area contributed by atoms with Gasteiger partial charge in [0, 0.05) is 16.7 Å². The van der Waals surface area contributed by atoms with Gasteiger partial charge in [-0.25, -0.2) is 0 Å². The average molecular weight is 277 g/mol. The zero-order valence-corrected chi connectivity index (χ0v) is 10.6. The van der Waals surface area contributed by atoms with E-state index in [0.29, 0.717) is 15.7 Å². The lowest BCUT2D eigenvalue weighted by Crippen LogP contribution is -2.37. The van der Waals surface area contributed by atoms with Gasteiger partial charge in [-0.3, -0.25) is 10.1 Å². The molecule has 1 saturated heterocycles. The van der Waals surface area contributed by atoms with E-state index in [-0.39, 0.29) is 11.9 Å². The third-order valence-electron chi connectivity index (χ3n) is 2.22. The SMILES string of the molecule is O=C(Nc1cc(Cl)ccc1Cl)C1CSCN1. The molecule has 1 fully saturated rings. The Kier molecular flexibility index (Phi) is 3.97. The molecule has 0 bridgehead atoms. The highest BCUT2D eigenvalue weighted by Crippen LogP contribution is 2.25. The van der Waals surface area contributed by atoms with Crippen molar-refractivity contribution in [2.24, 2.45) is 0 Å². The zero-order chi connectivity index (χ0) is 11.5. The molecule has 1 heterocycles. The van der Waals surface area contributed by atoms with E-state index in [2.05, 4.69) is 10.6 Å². The molecule has 0 saturated carbocycles. The highest BCUT2D eigenvalue weighted by atomic mass is 35.5. The summed E-state index contributed by atoms with van der Waals surface area (Å²) in [7, 11) is 0. The summed E-state index contributed by atoms with van der Waals surface area (Å²) in [6, 6.07) is 4.84. The molecule has 1 aromatic carbocycles. The molecule has 3 nitrogen and oxygen atoms in total. The molecule has 0 spiro atoms. The van der Waals surface area contributed by atoms with Crippen LogP contribution in [-0.2, 0) is 4.79 Å². The number of carbonyl (C=O) groups excluding carboxylic acids is 1. The van der Waals surface area contributed by atoms with Crippen LogP contribution in [0.5, 0.6) is 0 Å². The monoisotopic (exact) mass is 276 g/mol. The fourth-order valence-electron chi connectivity index (χ4n) is 1.38. The summed E-state index contributed by atoms with van der Waals surface area (Å²) in [6.45, 7) is 0. The molecule has 2 N–H and O–H groups in total. The van der Waals surface area contributed by atoms with Crippen molar-refractivity contribution in [1.82, 2.24) is 5.32 Å². The summed E-state index contributed by atoms with van der Waals surface area (Å²) in [6.07, 6.45) is 0. The number of halogens is 2. The molecule has 1 amide bonds. The third kappa shape index (κ3) is 2.83. The largest absolute Gasteiger partial charge is 0.323 e. The van der Waals surface area contributed by atoms with Crippen LogP contribution in [0.4, 0.5) is 5.69 Å². The Bertz CT molecular complexity index is 408. The lowest BCUT2D eigenvalue weighted by Gasteiger charge is -2.11. The summed E-state index contributed by atoms with van der Waals surface area (Å²) in [5.41, 5.74) is 0.554. The molecule has 2 rings (SSSR count). The topological polar surface area (TPSA) is 41.1 Å². The molecular formula is C10H10Cl2N2OS. The van der Waals surface area contributed by atoms with Crippen LogP contribution in [0, 0.1) is 0 Å². The summed E-state index contributed by atoms with van der Waals surface area (Å²) >= 11 is 13.5. The van der Waals surface area contributed by atoms with E-state index in [9.17, 15) is 4.79 Å². The quantitative estimate of drug-likeness (QED) is 0.873. The highest BCUT2D eigenvalue weighted by Gasteiger charge is 2.22. The molecule has 0 aromatic heterocycles. The lowest BCUT2D eigenvalue weighted by atomic mass is 10.2. The van der Waals surface area contributed by atoms with Crippen molar-refractivity contribution >= 4 is 46.6 Å². The molecule has 86 valence electrons. The minimum Gasteiger partial charge on any atom is -0.323 e. The van der Waals surface area contributed by atoms with E-state index in [0.717, 1.165) is 11.6 Å². The van der Waals surface area contributed by atoms with E-state index in [1.807, 2.05) is 0 Å². The second-order valence-corrected chi connectivity index (χ2v) is 5.26. The number of hydrogen-bond donors (Lipinski definition) is 2. The van der Waals surface area contributed by atoms with E-state index in [1.54, 1.807) is 30.0 Å². The Morgan fingerprint density at radius 3 is 3.00 bits per heavy atom. The van der Waals surface area contributed by atoms with Gasteiger partial charge in [0.05, 0.1) is 16.8 Å². The van der Waals surface area contributed by atoms with Crippen LogP contribution < -0.4 is 10.6 Å². The van der Waals surface area contributed by atoms with Crippen molar-refractivity contribution in [3.63, 3.8) is 0 Å². The van der Waals surface area contributed by atoms with Gasteiger partial charge in [0.2, 0.25) is 5.91 Å². The van der Waals surface area contributed by atoms with Crippen LogP contribution in [0.1, 0.15) is 0 Å². The number of rotatable bonds is 2. The lowest BCUT2D eigenvalue weighted by molar-refractivity contribution is -0.117. The Morgan fingerprint density at radius 1 is 1.50 bits per heavy atom. The van der Waals surface area contributed by atoms with Crippen LogP contribution in [-0.4, -0.2) is 23.6 Å². The van der Waals surface area contributed by atoms with E-state index in [1.165, 1.54) is 0 Å². The second-order valence-electron chi connectivity index (χ2n) is 3.39. The number of thioether (sulfide) groups is 1. The zero-order valence-electron chi connectivity index (χ0n) is 8.30. The standard InChI is InChI=1S/C10H10Cl2N2OS/c11-6-1-2-7(12)8(3-6)14-10(15)9-4-16-5-13-9/h1-3,9,13H,4-5H2,(H,14,15). The van der Waals surface area contributed by atoms with Gasteiger partial charge in [-0.2, -0.15) is 0 Å². The molecule has 1 aromatic rings. The fraction of sp³-hybridized carbons (Fsp3) is 0.300. The summed E-state index contributed by atoms with van der Waals surface area (Å²) in [5, 5.41) is 6.89. The maximum absolute atomic E-state index is 11.8. The molecular weight excluding hydrogens is 267 g/mol. The first-order chi connectivity index (χ1) is 7.66. The second kappa shape index (κ2) is 5.27. The van der Waals surface area contributed by atoms with Gasteiger partial charge in [0.15, 0.2) is 0 Å². The molecule has 0 aliphatic carbocycles. The van der Waals surface area contributed by atoms with Crippen molar-refractivity contribution < 1.29 is 4.79 Å². The Hall–Kier alpha value is -0.420. The number of carbonyl (C=O) groups is 1. The Morgan fingerprint density at radius 2 is 2.31 bits per heavy atom. The van der Waals surface area contributed by atoms with E-state index >= 15 is 0 Å². The van der Waals surface area contributed by atoms with Crippen LogP contribution in [0.25, 0.3) is 0 Å². The van der Waals surface area contributed by atoms with Crippen LogP contribution in [0.15, 0.2) is 18.2 Å². The van der Waals surface area contributed by atoms with Crippen molar-refractivity contribution in [2.75, 3.05) is 16.9 Å².